The van der Waals surface area contributed by atoms with Crippen molar-refractivity contribution in [2.45, 2.75) is 12.7 Å². The summed E-state index contributed by atoms with van der Waals surface area (Å²) in [5.74, 6) is 0.174. The Morgan fingerprint density at radius 1 is 1.32 bits per heavy atom. The van der Waals surface area contributed by atoms with Crippen LogP contribution in [0, 0.1) is 0 Å². The minimum absolute atomic E-state index is 0.0447. The van der Waals surface area contributed by atoms with E-state index in [2.05, 4.69) is 15.5 Å². The summed E-state index contributed by atoms with van der Waals surface area (Å²) in [7, 11) is 0. The fourth-order valence-electron chi connectivity index (χ4n) is 1.33. The number of hydrogen-bond donors (Lipinski definition) is 2. The first-order valence-corrected chi connectivity index (χ1v) is 5.44. The van der Waals surface area contributed by atoms with E-state index in [1.54, 1.807) is 0 Å². The summed E-state index contributed by atoms with van der Waals surface area (Å²) < 4.78 is 43.0. The molecule has 0 saturated carbocycles. The summed E-state index contributed by atoms with van der Waals surface area (Å²) in [6.07, 6.45) is -4.54. The molecule has 102 valence electrons. The predicted octanol–water partition coefficient (Wildman–Crippen LogP) is 2.94. The Balaban J connectivity index is 2.26. The molecule has 5 nitrogen and oxygen atoms in total. The van der Waals surface area contributed by atoms with E-state index in [0.717, 1.165) is 12.1 Å². The third kappa shape index (κ3) is 3.15. The second-order valence-electron chi connectivity index (χ2n) is 3.52. The van der Waals surface area contributed by atoms with Gasteiger partial charge in [-0.2, -0.15) is 13.2 Å². The molecule has 1 aromatic carbocycles. The number of nitrogens with two attached hydrogens (primary N) is 1. The zero-order chi connectivity index (χ0) is 14.0. The van der Waals surface area contributed by atoms with E-state index in [1.807, 2.05) is 0 Å². The highest BCUT2D eigenvalue weighted by molar-refractivity contribution is 6.31. The number of benzene rings is 1. The molecule has 0 aliphatic carbocycles. The molecule has 1 aromatic heterocycles. The number of rotatable bonds is 3. The molecule has 0 aliphatic rings. The first kappa shape index (κ1) is 13.6. The van der Waals surface area contributed by atoms with Gasteiger partial charge in [0.05, 0.1) is 17.1 Å². The van der Waals surface area contributed by atoms with Crippen LogP contribution in [0.5, 0.6) is 0 Å². The highest BCUT2D eigenvalue weighted by Gasteiger charge is 2.33. The van der Waals surface area contributed by atoms with Crippen molar-refractivity contribution >= 4 is 23.3 Å². The van der Waals surface area contributed by atoms with Crippen molar-refractivity contribution in [3.8, 4) is 0 Å². The minimum Gasteiger partial charge on any atom is -0.406 e. The molecule has 0 aliphatic heterocycles. The second kappa shape index (κ2) is 5.06. The quantitative estimate of drug-likeness (QED) is 0.909. The summed E-state index contributed by atoms with van der Waals surface area (Å²) >= 11 is 5.49. The van der Waals surface area contributed by atoms with E-state index in [-0.39, 0.29) is 29.2 Å². The van der Waals surface area contributed by atoms with Gasteiger partial charge in [-0.15, -0.1) is 5.10 Å². The maximum atomic E-state index is 12.6. The van der Waals surface area contributed by atoms with Crippen LogP contribution in [0.2, 0.25) is 5.02 Å². The van der Waals surface area contributed by atoms with E-state index < -0.39 is 11.7 Å². The van der Waals surface area contributed by atoms with Crippen LogP contribution in [0.4, 0.5) is 24.9 Å². The highest BCUT2D eigenvalue weighted by Crippen LogP contribution is 2.36. The minimum atomic E-state index is -4.54. The normalized spacial score (nSPS) is 11.6. The van der Waals surface area contributed by atoms with Gasteiger partial charge in [0.15, 0.2) is 0 Å². The van der Waals surface area contributed by atoms with Gasteiger partial charge in [-0.3, -0.25) is 0 Å². The Morgan fingerprint density at radius 2 is 2.05 bits per heavy atom. The lowest BCUT2D eigenvalue weighted by atomic mass is 10.2. The Bertz CT molecular complexity index is 584. The Morgan fingerprint density at radius 3 is 2.63 bits per heavy atom. The van der Waals surface area contributed by atoms with E-state index in [0.29, 0.717) is 0 Å². The van der Waals surface area contributed by atoms with Crippen molar-refractivity contribution in [1.82, 2.24) is 10.2 Å². The number of nitrogens with zero attached hydrogens (tertiary/aromatic N) is 2. The van der Waals surface area contributed by atoms with Crippen LogP contribution >= 0.6 is 11.6 Å². The maximum absolute atomic E-state index is 12.6. The predicted molar refractivity (Wildman–Crippen MR) is 61.9 cm³/mol. The fourth-order valence-corrected chi connectivity index (χ4v) is 1.56. The number of aromatic nitrogens is 2. The van der Waals surface area contributed by atoms with Gasteiger partial charge in [-0.25, -0.2) is 0 Å². The van der Waals surface area contributed by atoms with Gasteiger partial charge in [0.25, 0.3) is 0 Å². The van der Waals surface area contributed by atoms with Crippen molar-refractivity contribution in [2.75, 3.05) is 5.32 Å². The van der Waals surface area contributed by atoms with Crippen molar-refractivity contribution in [2.24, 2.45) is 5.73 Å². The van der Waals surface area contributed by atoms with E-state index in [4.69, 9.17) is 21.8 Å². The van der Waals surface area contributed by atoms with Crippen molar-refractivity contribution in [3.63, 3.8) is 0 Å². The third-order valence-electron chi connectivity index (χ3n) is 2.16. The number of halogens is 4. The van der Waals surface area contributed by atoms with E-state index in [9.17, 15) is 13.2 Å². The van der Waals surface area contributed by atoms with Crippen LogP contribution in [-0.4, -0.2) is 10.2 Å². The maximum Gasteiger partial charge on any atom is 0.417 e. The van der Waals surface area contributed by atoms with E-state index >= 15 is 0 Å². The molecule has 19 heavy (non-hydrogen) atoms. The van der Waals surface area contributed by atoms with Gasteiger partial charge in [-0.05, 0) is 18.2 Å². The number of nitrogens with one attached hydrogen (secondary N) is 1. The molecule has 0 atom stereocenters. The second-order valence-corrected chi connectivity index (χ2v) is 3.93. The molecule has 3 N–H and O–H groups in total. The van der Waals surface area contributed by atoms with Gasteiger partial charge < -0.3 is 15.5 Å². The molecular formula is C10H8ClF3N4O. The van der Waals surface area contributed by atoms with Gasteiger partial charge in [0, 0.05) is 5.69 Å². The van der Waals surface area contributed by atoms with Crippen LogP contribution in [0.1, 0.15) is 11.5 Å². The summed E-state index contributed by atoms with van der Waals surface area (Å²) in [6.45, 7) is 0.0447. The molecule has 0 fully saturated rings. The zero-order valence-electron chi connectivity index (χ0n) is 9.33. The standard InChI is InChI=1S/C10H8ClF3N4O/c11-7-2-1-5(3-6(7)10(12,13)14)16-9-18-17-8(4-15)19-9/h1-3H,4,15H2,(H,16,18). The zero-order valence-corrected chi connectivity index (χ0v) is 10.1. The van der Waals surface area contributed by atoms with Crippen LogP contribution in [0.15, 0.2) is 22.6 Å². The Labute approximate surface area is 110 Å². The lowest BCUT2D eigenvalue weighted by molar-refractivity contribution is -0.137. The molecule has 1 heterocycles. The Kier molecular flexibility index (Phi) is 3.63. The lowest BCUT2D eigenvalue weighted by Crippen LogP contribution is -2.06. The summed E-state index contributed by atoms with van der Waals surface area (Å²) in [6, 6.07) is 3.31. The number of hydrogen-bond acceptors (Lipinski definition) is 5. The average molecular weight is 293 g/mol. The molecule has 0 bridgehead atoms. The number of alkyl halides is 3. The summed E-state index contributed by atoms with van der Waals surface area (Å²) in [5, 5.41) is 9.30. The topological polar surface area (TPSA) is 77.0 Å². The van der Waals surface area contributed by atoms with Gasteiger partial charge >= 0.3 is 12.2 Å². The molecule has 0 radical (unpaired) electrons. The molecule has 0 amide bonds. The molecule has 0 unspecified atom stereocenters. The molecule has 0 saturated heterocycles. The van der Waals surface area contributed by atoms with Crippen LogP contribution < -0.4 is 11.1 Å². The Hall–Kier alpha value is -1.80. The summed E-state index contributed by atoms with van der Waals surface area (Å²) in [4.78, 5) is 0. The van der Waals surface area contributed by atoms with Crippen molar-refractivity contribution in [1.29, 1.82) is 0 Å². The van der Waals surface area contributed by atoms with Crippen LogP contribution in [0.25, 0.3) is 0 Å². The number of anilines is 2. The highest BCUT2D eigenvalue weighted by atomic mass is 35.5. The van der Waals surface area contributed by atoms with Gasteiger partial charge in [-0.1, -0.05) is 16.7 Å². The van der Waals surface area contributed by atoms with Crippen LogP contribution in [-0.2, 0) is 12.7 Å². The molecule has 9 heteroatoms. The molecule has 2 aromatic rings. The lowest BCUT2D eigenvalue weighted by Gasteiger charge is -2.10. The first-order chi connectivity index (χ1) is 8.90. The molecule has 0 spiro atoms. The van der Waals surface area contributed by atoms with Gasteiger partial charge in [0.1, 0.15) is 0 Å². The van der Waals surface area contributed by atoms with Crippen molar-refractivity contribution in [3.05, 3.63) is 34.7 Å². The average Bonchev–Trinajstić information content (AvgIpc) is 2.78. The molecule has 2 rings (SSSR count). The smallest absolute Gasteiger partial charge is 0.406 e. The fraction of sp³-hybridized carbons (Fsp3) is 0.200. The van der Waals surface area contributed by atoms with Crippen LogP contribution in [0.3, 0.4) is 0 Å². The monoisotopic (exact) mass is 292 g/mol. The van der Waals surface area contributed by atoms with Crippen molar-refractivity contribution < 1.29 is 17.6 Å². The molecular weight excluding hydrogens is 285 g/mol. The third-order valence-corrected chi connectivity index (χ3v) is 2.49. The largest absolute Gasteiger partial charge is 0.417 e. The van der Waals surface area contributed by atoms with Gasteiger partial charge in [0.2, 0.25) is 5.89 Å². The summed E-state index contributed by atoms with van der Waals surface area (Å²) in [5.41, 5.74) is 4.45. The van der Waals surface area contributed by atoms with E-state index in [1.165, 1.54) is 6.07 Å². The SMILES string of the molecule is NCc1nnc(Nc2ccc(Cl)c(C(F)(F)F)c2)o1. The first-order valence-electron chi connectivity index (χ1n) is 5.06.